The number of hydrogen-bond donors (Lipinski definition) is 0. The molecule has 1 aliphatic heterocycles. The Morgan fingerprint density at radius 2 is 1.61 bits per heavy atom. The Kier molecular flexibility index (Phi) is 5.93. The monoisotopic (exact) mass is 407 g/mol. The standard InChI is InChI=1S/C23H21NO2S2/c25-22(17-7-2-1-3-8-17)18-9-4-5-10-19(18)23(26)24-13-12-21(28-16-14-24)20-11-6-15-27-20/h1-11,15,21H,12-14,16H2. The number of amides is 1. The summed E-state index contributed by atoms with van der Waals surface area (Å²) in [6, 6.07) is 20.6. The molecule has 5 heteroatoms. The van der Waals surface area contributed by atoms with Gasteiger partial charge in [-0.05, 0) is 23.9 Å². The molecule has 2 heterocycles. The average Bonchev–Trinajstić information content (AvgIpc) is 3.18. The predicted molar refractivity (Wildman–Crippen MR) is 116 cm³/mol. The number of carbonyl (C=O) groups excluding carboxylic acids is 2. The van der Waals surface area contributed by atoms with Gasteiger partial charge in [-0.25, -0.2) is 0 Å². The summed E-state index contributed by atoms with van der Waals surface area (Å²) >= 11 is 3.69. The molecule has 2 aromatic carbocycles. The molecule has 1 atom stereocenters. The highest BCUT2D eigenvalue weighted by Gasteiger charge is 2.26. The van der Waals surface area contributed by atoms with Crippen molar-refractivity contribution in [2.75, 3.05) is 18.8 Å². The van der Waals surface area contributed by atoms with E-state index in [4.69, 9.17) is 0 Å². The minimum absolute atomic E-state index is 0.0488. The van der Waals surface area contributed by atoms with Crippen molar-refractivity contribution in [3.8, 4) is 0 Å². The SMILES string of the molecule is O=C(c1ccccc1)c1ccccc1C(=O)N1CCSC(c2cccs2)CC1. The summed E-state index contributed by atoms with van der Waals surface area (Å²) in [6.45, 7) is 1.42. The van der Waals surface area contributed by atoms with Gasteiger partial charge in [0.1, 0.15) is 0 Å². The predicted octanol–water partition coefficient (Wildman–Crippen LogP) is 5.30. The molecule has 0 spiro atoms. The van der Waals surface area contributed by atoms with E-state index in [1.54, 1.807) is 35.6 Å². The highest BCUT2D eigenvalue weighted by molar-refractivity contribution is 7.99. The van der Waals surface area contributed by atoms with Gasteiger partial charge in [-0.3, -0.25) is 9.59 Å². The molecule has 0 radical (unpaired) electrons. The summed E-state index contributed by atoms with van der Waals surface area (Å²) in [4.78, 5) is 29.5. The van der Waals surface area contributed by atoms with E-state index < -0.39 is 0 Å². The number of ketones is 1. The van der Waals surface area contributed by atoms with Gasteiger partial charge in [-0.15, -0.1) is 11.3 Å². The molecule has 0 aliphatic carbocycles. The van der Waals surface area contributed by atoms with Crippen LogP contribution in [-0.2, 0) is 0 Å². The van der Waals surface area contributed by atoms with E-state index in [0.29, 0.717) is 35.0 Å². The first kappa shape index (κ1) is 19.0. The van der Waals surface area contributed by atoms with E-state index in [1.165, 1.54) is 4.88 Å². The topological polar surface area (TPSA) is 37.4 Å². The number of rotatable bonds is 4. The molecular weight excluding hydrogens is 386 g/mol. The first-order valence-electron chi connectivity index (χ1n) is 9.37. The van der Waals surface area contributed by atoms with Gasteiger partial charge in [0.15, 0.2) is 5.78 Å². The van der Waals surface area contributed by atoms with E-state index in [-0.39, 0.29) is 11.7 Å². The Bertz CT molecular complexity index is 954. The molecule has 3 nitrogen and oxygen atoms in total. The smallest absolute Gasteiger partial charge is 0.254 e. The van der Waals surface area contributed by atoms with Crippen LogP contribution in [0.3, 0.4) is 0 Å². The second-order valence-corrected chi connectivity index (χ2v) is 8.99. The van der Waals surface area contributed by atoms with Crippen LogP contribution in [0.15, 0.2) is 72.1 Å². The van der Waals surface area contributed by atoms with Gasteiger partial charge in [0, 0.05) is 40.1 Å². The summed E-state index contributed by atoms with van der Waals surface area (Å²) < 4.78 is 0. The molecule has 3 aromatic rings. The van der Waals surface area contributed by atoms with Gasteiger partial charge < -0.3 is 4.90 Å². The van der Waals surface area contributed by atoms with Crippen molar-refractivity contribution in [1.29, 1.82) is 0 Å². The van der Waals surface area contributed by atoms with Crippen LogP contribution < -0.4 is 0 Å². The zero-order valence-corrected chi connectivity index (χ0v) is 17.0. The Morgan fingerprint density at radius 1 is 0.857 bits per heavy atom. The second kappa shape index (κ2) is 8.76. The number of thiophene rings is 1. The summed E-state index contributed by atoms with van der Waals surface area (Å²) in [5.74, 6) is 0.751. The molecule has 1 aromatic heterocycles. The van der Waals surface area contributed by atoms with Gasteiger partial charge >= 0.3 is 0 Å². The number of nitrogens with zero attached hydrogens (tertiary/aromatic N) is 1. The summed E-state index contributed by atoms with van der Waals surface area (Å²) in [6.07, 6.45) is 0.936. The fraction of sp³-hybridized carbons (Fsp3) is 0.217. The number of carbonyl (C=O) groups is 2. The van der Waals surface area contributed by atoms with E-state index in [9.17, 15) is 9.59 Å². The highest BCUT2D eigenvalue weighted by atomic mass is 32.2. The minimum atomic E-state index is -0.106. The van der Waals surface area contributed by atoms with Gasteiger partial charge in [-0.1, -0.05) is 54.6 Å². The molecule has 1 aliphatic rings. The first-order valence-corrected chi connectivity index (χ1v) is 11.3. The molecule has 0 bridgehead atoms. The van der Waals surface area contributed by atoms with Crippen LogP contribution in [0.25, 0.3) is 0 Å². The van der Waals surface area contributed by atoms with E-state index >= 15 is 0 Å². The molecule has 0 N–H and O–H groups in total. The molecule has 1 saturated heterocycles. The molecule has 1 unspecified atom stereocenters. The zero-order valence-electron chi connectivity index (χ0n) is 15.4. The number of hydrogen-bond acceptors (Lipinski definition) is 4. The van der Waals surface area contributed by atoms with E-state index in [2.05, 4.69) is 17.5 Å². The number of benzene rings is 2. The van der Waals surface area contributed by atoms with Crippen molar-refractivity contribution in [2.24, 2.45) is 0 Å². The highest BCUT2D eigenvalue weighted by Crippen LogP contribution is 2.37. The van der Waals surface area contributed by atoms with Crippen molar-refractivity contribution in [3.05, 3.63) is 93.7 Å². The maximum absolute atomic E-state index is 13.3. The van der Waals surface area contributed by atoms with Crippen LogP contribution in [0.5, 0.6) is 0 Å². The summed E-state index contributed by atoms with van der Waals surface area (Å²) in [5, 5.41) is 2.55. The Hall–Kier alpha value is -2.37. The lowest BCUT2D eigenvalue weighted by Crippen LogP contribution is -2.34. The Morgan fingerprint density at radius 3 is 2.36 bits per heavy atom. The molecule has 142 valence electrons. The van der Waals surface area contributed by atoms with Crippen LogP contribution in [0.1, 0.15) is 42.8 Å². The van der Waals surface area contributed by atoms with Crippen LogP contribution in [-0.4, -0.2) is 35.4 Å². The van der Waals surface area contributed by atoms with Crippen LogP contribution in [0.2, 0.25) is 0 Å². The Balaban J connectivity index is 1.55. The molecule has 4 rings (SSSR count). The van der Waals surface area contributed by atoms with Crippen molar-refractivity contribution in [1.82, 2.24) is 4.90 Å². The van der Waals surface area contributed by atoms with Gasteiger partial charge in [0.05, 0.1) is 5.56 Å². The third-order valence-electron chi connectivity index (χ3n) is 4.93. The molecule has 1 amide bonds. The van der Waals surface area contributed by atoms with Crippen LogP contribution in [0, 0.1) is 0 Å². The number of thioether (sulfide) groups is 1. The molecule has 1 fully saturated rings. The maximum atomic E-state index is 13.3. The van der Waals surface area contributed by atoms with Crippen molar-refractivity contribution in [2.45, 2.75) is 11.7 Å². The second-order valence-electron chi connectivity index (χ2n) is 6.70. The third kappa shape index (κ3) is 4.05. The fourth-order valence-corrected chi connectivity index (χ4v) is 5.70. The van der Waals surface area contributed by atoms with Gasteiger partial charge in [-0.2, -0.15) is 11.8 Å². The molecular formula is C23H21NO2S2. The van der Waals surface area contributed by atoms with Gasteiger partial charge in [0.25, 0.3) is 5.91 Å². The maximum Gasteiger partial charge on any atom is 0.254 e. The van der Waals surface area contributed by atoms with Crippen LogP contribution >= 0.6 is 23.1 Å². The summed E-state index contributed by atoms with van der Waals surface area (Å²) in [7, 11) is 0. The third-order valence-corrected chi connectivity index (χ3v) is 7.37. The summed E-state index contributed by atoms with van der Waals surface area (Å²) in [5.41, 5.74) is 1.58. The first-order chi connectivity index (χ1) is 13.7. The average molecular weight is 408 g/mol. The lowest BCUT2D eigenvalue weighted by atomic mass is 9.97. The quantitative estimate of drug-likeness (QED) is 0.551. The van der Waals surface area contributed by atoms with Crippen molar-refractivity contribution < 1.29 is 9.59 Å². The normalized spacial score (nSPS) is 17.1. The lowest BCUT2D eigenvalue weighted by molar-refractivity contribution is 0.0762. The minimum Gasteiger partial charge on any atom is -0.338 e. The lowest BCUT2D eigenvalue weighted by Gasteiger charge is -2.21. The largest absolute Gasteiger partial charge is 0.338 e. The van der Waals surface area contributed by atoms with Crippen LogP contribution in [0.4, 0.5) is 0 Å². The van der Waals surface area contributed by atoms with Gasteiger partial charge in [0.2, 0.25) is 0 Å². The fourth-order valence-electron chi connectivity index (χ4n) is 3.46. The molecule has 0 saturated carbocycles. The van der Waals surface area contributed by atoms with E-state index in [1.807, 2.05) is 47.0 Å². The van der Waals surface area contributed by atoms with E-state index in [0.717, 1.165) is 12.2 Å². The Labute approximate surface area is 173 Å². The van der Waals surface area contributed by atoms with Crippen molar-refractivity contribution in [3.63, 3.8) is 0 Å². The molecule has 28 heavy (non-hydrogen) atoms. The van der Waals surface area contributed by atoms with Crippen molar-refractivity contribution >= 4 is 34.8 Å². The zero-order chi connectivity index (χ0) is 19.3.